The lowest BCUT2D eigenvalue weighted by Gasteiger charge is -2.37. The van der Waals surface area contributed by atoms with Crippen LogP contribution in [0.15, 0.2) is 42.5 Å². The molecule has 1 aromatic heterocycles. The number of carbonyl (C=O) groups is 3. The van der Waals surface area contributed by atoms with Crippen molar-refractivity contribution < 1.29 is 19.5 Å². The van der Waals surface area contributed by atoms with Gasteiger partial charge in [0.25, 0.3) is 5.91 Å². The number of rotatable bonds is 24. The van der Waals surface area contributed by atoms with Gasteiger partial charge in [-0.2, -0.15) is 0 Å². The maximum Gasteiger partial charge on any atom is 0.320 e. The minimum atomic E-state index is -0.800. The summed E-state index contributed by atoms with van der Waals surface area (Å²) < 4.78 is 0. The van der Waals surface area contributed by atoms with E-state index in [9.17, 15) is 19.5 Å². The third kappa shape index (κ3) is 15.5. The van der Waals surface area contributed by atoms with E-state index < -0.39 is 5.97 Å². The minimum absolute atomic E-state index is 0.0625. The Balaban J connectivity index is 1.52. The number of nitrogens with zero attached hydrogens (tertiary/aromatic N) is 1. The molecule has 1 aliphatic carbocycles. The van der Waals surface area contributed by atoms with Gasteiger partial charge in [0.2, 0.25) is 0 Å². The fourth-order valence-corrected chi connectivity index (χ4v) is 7.73. The second-order valence-corrected chi connectivity index (χ2v) is 14.8. The van der Waals surface area contributed by atoms with E-state index in [4.69, 9.17) is 0 Å². The molecule has 0 bridgehead atoms. The first-order valence-electron chi connectivity index (χ1n) is 18.8. The minimum Gasteiger partial charge on any atom is -0.481 e. The van der Waals surface area contributed by atoms with Crippen LogP contribution < -0.4 is 16.0 Å². The van der Waals surface area contributed by atoms with Crippen LogP contribution in [0.2, 0.25) is 0 Å². The number of unbranched alkanes of at least 4 members (excludes halogenated alkanes) is 12. The monoisotopic (exact) mass is 682 g/mol. The quantitative estimate of drug-likeness (QED) is 0.0651. The number of anilines is 1. The van der Waals surface area contributed by atoms with Gasteiger partial charge < -0.3 is 15.3 Å². The summed E-state index contributed by atoms with van der Waals surface area (Å²) in [4.78, 5) is 40.5. The predicted molar refractivity (Wildman–Crippen MR) is 199 cm³/mol. The Morgan fingerprint density at radius 1 is 0.833 bits per heavy atom. The topological polar surface area (TPSA) is 111 Å². The van der Waals surface area contributed by atoms with Gasteiger partial charge in [0, 0.05) is 19.6 Å². The molecule has 8 nitrogen and oxygen atoms in total. The van der Waals surface area contributed by atoms with Crippen LogP contribution in [0.5, 0.6) is 0 Å². The third-order valence-electron chi connectivity index (χ3n) is 9.74. The van der Waals surface area contributed by atoms with Gasteiger partial charge in [0.15, 0.2) is 0 Å². The first-order chi connectivity index (χ1) is 23.4. The molecule has 0 radical (unpaired) electrons. The van der Waals surface area contributed by atoms with Gasteiger partial charge in [-0.15, -0.1) is 11.3 Å². The summed E-state index contributed by atoms with van der Waals surface area (Å²) >= 11 is 1.26. The van der Waals surface area contributed by atoms with Crippen LogP contribution in [-0.4, -0.2) is 47.2 Å². The molecule has 1 aromatic carbocycles. The van der Waals surface area contributed by atoms with Crippen molar-refractivity contribution in [3.63, 3.8) is 0 Å². The van der Waals surface area contributed by atoms with Gasteiger partial charge in [-0.25, -0.2) is 4.79 Å². The Morgan fingerprint density at radius 2 is 1.44 bits per heavy atom. The summed E-state index contributed by atoms with van der Waals surface area (Å²) in [6, 6.07) is 12.7. The van der Waals surface area contributed by atoms with Crippen LogP contribution >= 0.6 is 11.3 Å². The molecule has 1 heterocycles. The number of aliphatic carboxylic acids is 1. The van der Waals surface area contributed by atoms with E-state index in [-0.39, 0.29) is 30.6 Å². The van der Waals surface area contributed by atoms with E-state index in [1.165, 1.54) is 88.4 Å². The van der Waals surface area contributed by atoms with Gasteiger partial charge in [0.1, 0.15) is 0 Å². The summed E-state index contributed by atoms with van der Waals surface area (Å²) in [5.74, 6) is -0.617. The highest BCUT2D eigenvalue weighted by molar-refractivity contribution is 7.18. The maximum absolute atomic E-state index is 13.8. The molecule has 48 heavy (non-hydrogen) atoms. The van der Waals surface area contributed by atoms with Crippen LogP contribution in [0.25, 0.3) is 0 Å². The standard InChI is InChI=1S/C39H62N4O4S/c1-3-4-5-6-7-8-9-10-11-12-13-14-21-26-35(41-33(29-37(44)45)32-24-19-16-20-25-32)43(2)38(46)34-27-28-36(48-34)42-39(47)40-30-31-22-17-15-18-23-31/h15,17-18,22-23,27-28,32-33,35,41H,3-14,16,19-21,24-26,29-30H2,1-2H3,(H,44,45)(H2,40,42,47). The van der Waals surface area contributed by atoms with Crippen molar-refractivity contribution in [2.24, 2.45) is 5.92 Å². The lowest BCUT2D eigenvalue weighted by atomic mass is 9.82. The van der Waals surface area contributed by atoms with Crippen LogP contribution in [0, 0.1) is 5.92 Å². The number of benzene rings is 1. The normalized spacial score (nSPS) is 14.7. The zero-order chi connectivity index (χ0) is 34.4. The molecule has 4 N–H and O–H groups in total. The summed E-state index contributed by atoms with van der Waals surface area (Å²) in [6.45, 7) is 2.68. The number of urea groups is 1. The summed E-state index contributed by atoms with van der Waals surface area (Å²) in [7, 11) is 1.82. The molecule has 0 saturated heterocycles. The molecular weight excluding hydrogens is 621 g/mol. The van der Waals surface area contributed by atoms with E-state index in [0.29, 0.717) is 22.3 Å². The van der Waals surface area contributed by atoms with E-state index >= 15 is 0 Å². The molecule has 3 amide bonds. The Bertz CT molecular complexity index is 1180. The smallest absolute Gasteiger partial charge is 0.320 e. The molecule has 2 unspecified atom stereocenters. The molecular formula is C39H62N4O4S. The van der Waals surface area contributed by atoms with Crippen LogP contribution in [0.3, 0.4) is 0 Å². The lowest BCUT2D eigenvalue weighted by molar-refractivity contribution is -0.138. The van der Waals surface area contributed by atoms with Crippen molar-refractivity contribution in [2.75, 3.05) is 12.4 Å². The average Bonchev–Trinajstić information content (AvgIpc) is 3.56. The van der Waals surface area contributed by atoms with Crippen molar-refractivity contribution in [3.8, 4) is 0 Å². The number of amides is 3. The summed E-state index contributed by atoms with van der Waals surface area (Å²) in [6.07, 6.45) is 22.7. The fourth-order valence-electron chi connectivity index (χ4n) is 6.85. The highest BCUT2D eigenvalue weighted by atomic mass is 32.1. The first-order valence-corrected chi connectivity index (χ1v) is 19.6. The van der Waals surface area contributed by atoms with Crippen molar-refractivity contribution in [3.05, 3.63) is 52.9 Å². The van der Waals surface area contributed by atoms with Crippen LogP contribution in [0.1, 0.15) is 151 Å². The number of carbonyl (C=O) groups excluding carboxylic acids is 2. The number of nitrogens with one attached hydrogen (secondary N) is 3. The van der Waals surface area contributed by atoms with Crippen molar-refractivity contribution in [2.45, 2.75) is 154 Å². The first kappa shape index (κ1) is 39.5. The number of hydrogen-bond acceptors (Lipinski definition) is 5. The molecule has 2 atom stereocenters. The van der Waals surface area contributed by atoms with Crippen molar-refractivity contribution in [1.82, 2.24) is 15.5 Å². The number of carboxylic acids is 1. The zero-order valence-corrected chi connectivity index (χ0v) is 30.5. The van der Waals surface area contributed by atoms with Crippen molar-refractivity contribution in [1.29, 1.82) is 0 Å². The second-order valence-electron chi connectivity index (χ2n) is 13.7. The molecule has 1 saturated carbocycles. The average molecular weight is 683 g/mol. The Kier molecular flexibility index (Phi) is 19.3. The van der Waals surface area contributed by atoms with Crippen LogP contribution in [-0.2, 0) is 11.3 Å². The highest BCUT2D eigenvalue weighted by Gasteiger charge is 2.31. The van der Waals surface area contributed by atoms with Crippen LogP contribution in [0.4, 0.5) is 9.80 Å². The Hall–Kier alpha value is -2.91. The highest BCUT2D eigenvalue weighted by Crippen LogP contribution is 2.29. The Morgan fingerprint density at radius 3 is 2.04 bits per heavy atom. The zero-order valence-electron chi connectivity index (χ0n) is 29.7. The third-order valence-corrected chi connectivity index (χ3v) is 10.7. The maximum atomic E-state index is 13.8. The van der Waals surface area contributed by atoms with Gasteiger partial charge in [-0.1, -0.05) is 140 Å². The Labute approximate surface area is 293 Å². The fraction of sp³-hybridized carbons (Fsp3) is 0.667. The van der Waals surface area contributed by atoms with E-state index in [1.807, 2.05) is 37.4 Å². The molecule has 1 fully saturated rings. The van der Waals surface area contributed by atoms with E-state index in [1.54, 1.807) is 17.0 Å². The predicted octanol–water partition coefficient (Wildman–Crippen LogP) is 9.96. The van der Waals surface area contributed by atoms with Gasteiger partial charge in [-0.3, -0.25) is 20.2 Å². The molecule has 2 aromatic rings. The largest absolute Gasteiger partial charge is 0.481 e. The lowest BCUT2D eigenvalue weighted by Crippen LogP contribution is -2.53. The molecule has 9 heteroatoms. The number of hydrogen-bond donors (Lipinski definition) is 4. The molecule has 0 aliphatic heterocycles. The molecule has 0 spiro atoms. The molecule has 1 aliphatic rings. The molecule has 268 valence electrons. The summed E-state index contributed by atoms with van der Waals surface area (Å²) in [5, 5.41) is 19.7. The number of carboxylic acid groups (broad SMARTS) is 1. The summed E-state index contributed by atoms with van der Waals surface area (Å²) in [5.41, 5.74) is 1.01. The number of thiophene rings is 1. The van der Waals surface area contributed by atoms with Crippen molar-refractivity contribution >= 4 is 34.2 Å². The van der Waals surface area contributed by atoms with E-state index in [2.05, 4.69) is 22.9 Å². The molecule has 3 rings (SSSR count). The second kappa shape index (κ2) is 23.4. The van der Waals surface area contributed by atoms with Gasteiger partial charge >= 0.3 is 12.0 Å². The van der Waals surface area contributed by atoms with Gasteiger partial charge in [-0.05, 0) is 42.9 Å². The van der Waals surface area contributed by atoms with Gasteiger partial charge in [0.05, 0.1) is 22.5 Å². The van der Waals surface area contributed by atoms with E-state index in [0.717, 1.165) is 50.5 Å². The SMILES string of the molecule is CCCCCCCCCCCCCCCC(NC(CC(=O)O)C1CCCCC1)N(C)C(=O)c1ccc(NC(=O)NCc2ccccc2)s1.